The Balaban J connectivity index is 1.59. The molecular formula is C31H45N3O8S. The number of benzene rings is 2. The molecule has 11 nitrogen and oxygen atoms in total. The number of rotatable bonds is 8. The number of amides is 1. The molecule has 2 N–H and O–H groups in total. The van der Waals surface area contributed by atoms with Gasteiger partial charge in [0.1, 0.15) is 5.75 Å². The largest absolute Gasteiger partial charge is 0.490 e. The number of aliphatic hydroxyl groups is 1. The molecule has 0 aromatic heterocycles. The summed E-state index contributed by atoms with van der Waals surface area (Å²) < 4.78 is 49.9. The molecule has 0 unspecified atom stereocenters. The molecule has 2 aromatic carbocycles. The average Bonchev–Trinajstić information content (AvgIpc) is 3.41. The quantitative estimate of drug-likeness (QED) is 0.455. The van der Waals surface area contributed by atoms with Gasteiger partial charge in [-0.15, -0.1) is 0 Å². The topological polar surface area (TPSA) is 127 Å². The van der Waals surface area contributed by atoms with Crippen LogP contribution < -0.4 is 18.9 Å². The molecule has 4 rings (SSSR count). The Labute approximate surface area is 255 Å². The van der Waals surface area contributed by atoms with Crippen LogP contribution in [0.1, 0.15) is 56.0 Å². The van der Waals surface area contributed by atoms with Gasteiger partial charge in [-0.1, -0.05) is 13.0 Å². The van der Waals surface area contributed by atoms with Crippen LogP contribution in [0, 0.1) is 5.92 Å². The van der Waals surface area contributed by atoms with Gasteiger partial charge in [0.25, 0.3) is 5.91 Å². The third kappa shape index (κ3) is 9.21. The number of hydrogen-bond donors (Lipinski definition) is 2. The molecule has 4 atom stereocenters. The fourth-order valence-corrected chi connectivity index (χ4v) is 5.94. The lowest BCUT2D eigenvalue weighted by molar-refractivity contribution is -0.0177. The fraction of sp³-hybridized carbons (Fsp3) is 0.581. The number of hydrogen-bond acceptors (Lipinski definition) is 9. The Hall–Kier alpha value is -3.06. The lowest BCUT2D eigenvalue weighted by Gasteiger charge is -2.36. The first kappa shape index (κ1) is 32.8. The number of carbonyl (C=O) groups is 1. The fourth-order valence-electron chi connectivity index (χ4n) is 5.39. The van der Waals surface area contributed by atoms with Crippen LogP contribution >= 0.6 is 0 Å². The Morgan fingerprint density at radius 3 is 2.58 bits per heavy atom. The monoisotopic (exact) mass is 619 g/mol. The van der Waals surface area contributed by atoms with Crippen molar-refractivity contribution in [1.82, 2.24) is 9.80 Å². The molecule has 0 aliphatic carbocycles. The van der Waals surface area contributed by atoms with Gasteiger partial charge in [0.05, 0.1) is 36.7 Å². The van der Waals surface area contributed by atoms with Gasteiger partial charge >= 0.3 is 0 Å². The molecular weight excluding hydrogens is 574 g/mol. The van der Waals surface area contributed by atoms with Crippen molar-refractivity contribution in [2.75, 3.05) is 51.1 Å². The minimum absolute atomic E-state index is 0.0827. The van der Waals surface area contributed by atoms with Crippen LogP contribution in [0.2, 0.25) is 0 Å². The molecule has 238 valence electrons. The number of anilines is 1. The molecule has 12 heteroatoms. The zero-order valence-corrected chi connectivity index (χ0v) is 26.6. The van der Waals surface area contributed by atoms with Crippen LogP contribution in [0.25, 0.3) is 0 Å². The number of ether oxygens (including phenoxy) is 4. The van der Waals surface area contributed by atoms with E-state index in [0.717, 1.165) is 42.6 Å². The van der Waals surface area contributed by atoms with Crippen molar-refractivity contribution in [3.63, 3.8) is 0 Å². The summed E-state index contributed by atoms with van der Waals surface area (Å²) in [6.07, 6.45) is 3.22. The molecule has 1 amide bonds. The number of aliphatic hydroxyl groups excluding tert-OH is 1. The van der Waals surface area contributed by atoms with Crippen molar-refractivity contribution >= 4 is 21.6 Å². The molecule has 0 radical (unpaired) electrons. The lowest BCUT2D eigenvalue weighted by atomic mass is 10.0. The maximum absolute atomic E-state index is 14.1. The van der Waals surface area contributed by atoms with Crippen LogP contribution in [0.3, 0.4) is 0 Å². The molecule has 0 spiro atoms. The van der Waals surface area contributed by atoms with E-state index in [2.05, 4.69) is 16.5 Å². The minimum Gasteiger partial charge on any atom is -0.490 e. The van der Waals surface area contributed by atoms with Gasteiger partial charge in [-0.3, -0.25) is 14.4 Å². The Morgan fingerprint density at radius 1 is 1.09 bits per heavy atom. The van der Waals surface area contributed by atoms with E-state index in [1.807, 2.05) is 32.2 Å². The summed E-state index contributed by atoms with van der Waals surface area (Å²) in [5.41, 5.74) is 1.60. The Kier molecular flexibility index (Phi) is 11.2. The van der Waals surface area contributed by atoms with Crippen molar-refractivity contribution in [3.8, 4) is 17.2 Å². The summed E-state index contributed by atoms with van der Waals surface area (Å²) >= 11 is 0. The van der Waals surface area contributed by atoms with Crippen molar-refractivity contribution in [3.05, 3.63) is 47.5 Å². The molecule has 0 saturated heterocycles. The normalized spacial score (nSPS) is 22.4. The van der Waals surface area contributed by atoms with E-state index in [0.29, 0.717) is 32.0 Å². The van der Waals surface area contributed by atoms with Crippen LogP contribution in [0.5, 0.6) is 17.2 Å². The summed E-state index contributed by atoms with van der Waals surface area (Å²) in [6, 6.07) is 10.2. The second-order valence-electron chi connectivity index (χ2n) is 11.8. The van der Waals surface area contributed by atoms with Gasteiger partial charge < -0.3 is 29.0 Å². The number of carbonyl (C=O) groups excluding carboxylic acids is 1. The first-order valence-electron chi connectivity index (χ1n) is 14.8. The lowest BCUT2D eigenvalue weighted by Crippen LogP contribution is -2.47. The standard InChI is InChI=1S/C31H45N3O8S/c1-21-16-34(22(2)19-35)31(36)26-15-25(32-43(5,37)38)10-12-27(26)42-23(3)8-6-7-13-39-30(21)18-33(4)17-24-9-11-28-29(14-24)41-20-40-28/h9-12,14-15,21-23,30,32,35H,6-8,13,16-20H2,1-5H3/t21-,22+,23-,30+/m1/s1. The molecule has 43 heavy (non-hydrogen) atoms. The van der Waals surface area contributed by atoms with Gasteiger partial charge in [0, 0.05) is 37.8 Å². The molecule has 2 heterocycles. The van der Waals surface area contributed by atoms with E-state index in [1.54, 1.807) is 24.0 Å². The van der Waals surface area contributed by atoms with E-state index in [-0.39, 0.29) is 48.7 Å². The van der Waals surface area contributed by atoms with Crippen molar-refractivity contribution in [2.45, 2.75) is 64.8 Å². The zero-order chi connectivity index (χ0) is 31.1. The van der Waals surface area contributed by atoms with Crippen molar-refractivity contribution in [2.24, 2.45) is 5.92 Å². The number of nitrogens with one attached hydrogen (secondary N) is 1. The summed E-state index contributed by atoms with van der Waals surface area (Å²) in [5.74, 6) is 1.44. The number of nitrogens with zero attached hydrogens (tertiary/aromatic N) is 2. The van der Waals surface area contributed by atoms with Crippen LogP contribution in [0.15, 0.2) is 36.4 Å². The second-order valence-corrected chi connectivity index (χ2v) is 13.5. The Morgan fingerprint density at radius 2 is 1.84 bits per heavy atom. The van der Waals surface area contributed by atoms with Crippen molar-refractivity contribution in [1.29, 1.82) is 0 Å². The van der Waals surface area contributed by atoms with E-state index in [1.165, 1.54) is 6.07 Å². The molecule has 2 aliphatic heterocycles. The third-order valence-corrected chi connectivity index (χ3v) is 8.34. The minimum atomic E-state index is -3.56. The van der Waals surface area contributed by atoms with E-state index in [9.17, 15) is 18.3 Å². The smallest absolute Gasteiger partial charge is 0.258 e. The SMILES string of the molecule is C[C@@H]1CCCCO[C@@H](CN(C)Cc2ccc3c(c2)OCO3)[C@H](C)CN([C@@H](C)CO)C(=O)c2cc(NS(C)(=O)=O)ccc2O1. The first-order valence-corrected chi connectivity index (χ1v) is 16.7. The molecule has 0 bridgehead atoms. The van der Waals surface area contributed by atoms with Gasteiger partial charge in [-0.2, -0.15) is 0 Å². The predicted molar refractivity (Wildman–Crippen MR) is 164 cm³/mol. The van der Waals surface area contributed by atoms with Gasteiger partial charge in [-0.25, -0.2) is 8.42 Å². The van der Waals surface area contributed by atoms with E-state index < -0.39 is 16.1 Å². The maximum atomic E-state index is 14.1. The molecule has 2 aromatic rings. The molecule has 0 saturated carbocycles. The van der Waals surface area contributed by atoms with Crippen LogP contribution in [0.4, 0.5) is 5.69 Å². The summed E-state index contributed by atoms with van der Waals surface area (Å²) in [5, 5.41) is 10.1. The van der Waals surface area contributed by atoms with Crippen LogP contribution in [-0.2, 0) is 21.3 Å². The second kappa shape index (κ2) is 14.6. The molecule has 2 aliphatic rings. The first-order chi connectivity index (χ1) is 20.4. The highest BCUT2D eigenvalue weighted by molar-refractivity contribution is 7.92. The predicted octanol–water partition coefficient (Wildman–Crippen LogP) is 3.71. The van der Waals surface area contributed by atoms with Crippen molar-refractivity contribution < 1.29 is 37.3 Å². The summed E-state index contributed by atoms with van der Waals surface area (Å²) in [7, 11) is -1.52. The van der Waals surface area contributed by atoms with Gasteiger partial charge in [0.15, 0.2) is 11.5 Å². The Bertz CT molecular complexity index is 1350. The summed E-state index contributed by atoms with van der Waals surface area (Å²) in [4.78, 5) is 17.9. The summed E-state index contributed by atoms with van der Waals surface area (Å²) in [6.45, 7) is 8.00. The number of likely N-dealkylation sites (N-methyl/N-ethyl adjacent to an activating group) is 1. The van der Waals surface area contributed by atoms with E-state index in [4.69, 9.17) is 18.9 Å². The average molecular weight is 620 g/mol. The molecule has 0 fully saturated rings. The van der Waals surface area contributed by atoms with Gasteiger partial charge in [0.2, 0.25) is 16.8 Å². The number of fused-ring (bicyclic) bond motifs is 2. The van der Waals surface area contributed by atoms with E-state index >= 15 is 0 Å². The highest BCUT2D eigenvalue weighted by Crippen LogP contribution is 2.33. The maximum Gasteiger partial charge on any atom is 0.258 e. The van der Waals surface area contributed by atoms with Crippen LogP contribution in [-0.4, -0.2) is 93.9 Å². The highest BCUT2D eigenvalue weighted by Gasteiger charge is 2.30. The third-order valence-electron chi connectivity index (χ3n) is 7.74. The zero-order valence-electron chi connectivity index (χ0n) is 25.7. The highest BCUT2D eigenvalue weighted by atomic mass is 32.2. The van der Waals surface area contributed by atoms with Gasteiger partial charge in [-0.05, 0) is 76.1 Å². The number of sulfonamides is 1.